The fourth-order valence-electron chi connectivity index (χ4n) is 6.06. The quantitative estimate of drug-likeness (QED) is 0.0719. The van der Waals surface area contributed by atoms with Gasteiger partial charge in [0.05, 0.1) is 45.2 Å². The first-order valence-corrected chi connectivity index (χ1v) is 16.3. The topological polar surface area (TPSA) is 167 Å². The van der Waals surface area contributed by atoms with Crippen molar-refractivity contribution in [3.63, 3.8) is 0 Å². The molecule has 13 nitrogen and oxygen atoms in total. The predicted molar refractivity (Wildman–Crippen MR) is 196 cm³/mol. The number of nitrogens with one attached hydrogen (secondary N) is 1. The Hall–Kier alpha value is -6.05. The molecule has 6 rings (SSSR count). The Morgan fingerprint density at radius 1 is 0.882 bits per heavy atom. The van der Waals surface area contributed by atoms with Crippen molar-refractivity contribution in [2.45, 2.75) is 19.4 Å². The molecule has 0 unspecified atom stereocenters. The number of hydrazone groups is 1. The third-order valence-electron chi connectivity index (χ3n) is 8.84. The second-order valence-electron chi connectivity index (χ2n) is 11.9. The summed E-state index contributed by atoms with van der Waals surface area (Å²) in [5.41, 5.74) is 11.2. The molecule has 0 atom stereocenters. The number of nitrogens with two attached hydrogens (primary N) is 2. The number of fused-ring (bicyclic) bond motifs is 2. The molecule has 0 radical (unpaired) electrons. The average Bonchev–Trinajstić information content (AvgIpc) is 3.16. The number of amidine groups is 1. The highest BCUT2D eigenvalue weighted by Gasteiger charge is 2.21. The summed E-state index contributed by atoms with van der Waals surface area (Å²) < 4.78 is 27.6. The second-order valence-corrected chi connectivity index (χ2v) is 11.9. The first-order chi connectivity index (χ1) is 24.7. The van der Waals surface area contributed by atoms with Crippen LogP contribution in [0.4, 0.5) is 11.4 Å². The molecule has 1 amide bonds. The number of methoxy groups -OCH3 is 4. The average molecular weight is 693 g/mol. The number of hydrazine groups is 1. The van der Waals surface area contributed by atoms with Gasteiger partial charge in [-0.25, -0.2) is 5.84 Å². The molecule has 0 spiro atoms. The van der Waals surface area contributed by atoms with Gasteiger partial charge in [-0.05, 0) is 72.0 Å². The van der Waals surface area contributed by atoms with Crippen LogP contribution in [0, 0.1) is 0 Å². The second kappa shape index (κ2) is 15.2. The van der Waals surface area contributed by atoms with Crippen molar-refractivity contribution in [1.29, 1.82) is 0 Å². The molecule has 0 aliphatic carbocycles. The molecule has 5 N–H and O–H groups in total. The number of para-hydroxylation sites is 1. The molecule has 0 bridgehead atoms. The molecule has 264 valence electrons. The monoisotopic (exact) mass is 692 g/mol. The minimum atomic E-state index is -0.673. The number of anilines is 2. The number of hydrogen-bond acceptors (Lipinski definition) is 11. The van der Waals surface area contributed by atoms with Gasteiger partial charge in [0, 0.05) is 37.3 Å². The SMILES string of the molecule is COc1cc2c(cc1OC)CN(CCc1ccc(N(N)/N=C(\N)c3cc(OC)c(OC)cc3NC(=O)c3cc(=O)c4ccccc4o3)cc1)CC2. The van der Waals surface area contributed by atoms with Gasteiger partial charge in [0.15, 0.2) is 40.0 Å². The minimum Gasteiger partial charge on any atom is -0.493 e. The van der Waals surface area contributed by atoms with Gasteiger partial charge in [-0.1, -0.05) is 24.3 Å². The first-order valence-electron chi connectivity index (χ1n) is 16.3. The van der Waals surface area contributed by atoms with E-state index in [4.69, 9.17) is 34.9 Å². The van der Waals surface area contributed by atoms with Crippen molar-refractivity contribution in [3.05, 3.63) is 117 Å². The van der Waals surface area contributed by atoms with E-state index in [0.717, 1.165) is 60.7 Å². The molecule has 1 aromatic heterocycles. The zero-order chi connectivity index (χ0) is 36.1. The van der Waals surface area contributed by atoms with E-state index in [1.165, 1.54) is 31.4 Å². The summed E-state index contributed by atoms with van der Waals surface area (Å²) in [7, 11) is 6.26. The maximum absolute atomic E-state index is 13.3. The lowest BCUT2D eigenvalue weighted by Gasteiger charge is -2.29. The smallest absolute Gasteiger partial charge is 0.291 e. The van der Waals surface area contributed by atoms with Crippen LogP contribution in [0.1, 0.15) is 32.8 Å². The molecule has 4 aromatic carbocycles. The normalized spacial score (nSPS) is 13.0. The lowest BCUT2D eigenvalue weighted by atomic mass is 9.98. The number of amides is 1. The predicted octanol–water partition coefficient (Wildman–Crippen LogP) is 4.68. The zero-order valence-corrected chi connectivity index (χ0v) is 28.9. The Labute approximate surface area is 294 Å². The van der Waals surface area contributed by atoms with E-state index in [-0.39, 0.29) is 28.3 Å². The van der Waals surface area contributed by atoms with Crippen LogP contribution in [0.25, 0.3) is 11.0 Å². The van der Waals surface area contributed by atoms with Crippen LogP contribution in [-0.4, -0.2) is 58.2 Å². The number of hydrogen-bond donors (Lipinski definition) is 3. The highest BCUT2D eigenvalue weighted by Crippen LogP contribution is 2.35. The van der Waals surface area contributed by atoms with Crippen LogP contribution in [0.5, 0.6) is 23.0 Å². The van der Waals surface area contributed by atoms with Gasteiger partial charge in [0.25, 0.3) is 5.91 Å². The molecule has 0 saturated heterocycles. The number of rotatable bonds is 12. The molecular weight excluding hydrogens is 652 g/mol. The number of carbonyl (C=O) groups excluding carboxylic acids is 1. The third-order valence-corrected chi connectivity index (χ3v) is 8.84. The number of ether oxygens (including phenoxy) is 4. The van der Waals surface area contributed by atoms with E-state index in [0.29, 0.717) is 28.1 Å². The Balaban J connectivity index is 1.16. The Morgan fingerprint density at radius 3 is 2.24 bits per heavy atom. The molecule has 1 aliphatic heterocycles. The van der Waals surface area contributed by atoms with Crippen molar-refractivity contribution >= 4 is 34.1 Å². The standard InChI is InChI=1S/C38H40N6O7/c1-47-32-17-24-14-16-43(22-25(24)18-33(32)48-2)15-13-23-9-11-26(12-10-23)44(40)42-37(39)28-19-34(49-3)35(50-4)20-29(28)41-38(46)36-21-30(45)27-7-5-6-8-31(27)51-36/h5-12,17-21H,13-16,22,40H2,1-4H3,(H2,39,42)(H,41,46). The molecule has 0 fully saturated rings. The minimum absolute atomic E-state index is 0.0163. The Bertz CT molecular complexity index is 2150. The van der Waals surface area contributed by atoms with Crippen LogP contribution in [0.2, 0.25) is 0 Å². The van der Waals surface area contributed by atoms with Crippen LogP contribution in [0.3, 0.4) is 0 Å². The van der Waals surface area contributed by atoms with Gasteiger partial charge in [-0.15, -0.1) is 5.10 Å². The molecule has 5 aromatic rings. The highest BCUT2D eigenvalue weighted by molar-refractivity contribution is 6.10. The summed E-state index contributed by atoms with van der Waals surface area (Å²) in [6.45, 7) is 2.69. The lowest BCUT2D eigenvalue weighted by molar-refractivity contribution is 0.0997. The fraction of sp³-hybridized carbons (Fsp3) is 0.237. The third kappa shape index (κ3) is 7.59. The zero-order valence-electron chi connectivity index (χ0n) is 28.9. The fourth-order valence-corrected chi connectivity index (χ4v) is 6.06. The van der Waals surface area contributed by atoms with Gasteiger partial charge in [-0.2, -0.15) is 5.12 Å². The van der Waals surface area contributed by atoms with Gasteiger partial charge in [0.1, 0.15) is 5.58 Å². The largest absolute Gasteiger partial charge is 0.493 e. The van der Waals surface area contributed by atoms with Crippen molar-refractivity contribution in [2.24, 2.45) is 16.7 Å². The van der Waals surface area contributed by atoms with E-state index in [2.05, 4.69) is 27.5 Å². The van der Waals surface area contributed by atoms with Gasteiger partial charge < -0.3 is 34.4 Å². The van der Waals surface area contributed by atoms with E-state index in [9.17, 15) is 9.59 Å². The van der Waals surface area contributed by atoms with E-state index < -0.39 is 5.91 Å². The molecule has 13 heteroatoms. The molecular formula is C38H40N6O7. The first kappa shape index (κ1) is 34.8. The van der Waals surface area contributed by atoms with Crippen LogP contribution >= 0.6 is 0 Å². The van der Waals surface area contributed by atoms with Gasteiger partial charge in [0.2, 0.25) is 0 Å². The lowest BCUT2D eigenvalue weighted by Crippen LogP contribution is -2.32. The molecule has 1 aliphatic rings. The van der Waals surface area contributed by atoms with Crippen molar-refractivity contribution in [2.75, 3.05) is 52.0 Å². The number of carbonyl (C=O) groups is 1. The molecule has 0 saturated carbocycles. The number of benzene rings is 4. The van der Waals surface area contributed by atoms with Crippen molar-refractivity contribution < 1.29 is 28.2 Å². The van der Waals surface area contributed by atoms with E-state index in [1.54, 1.807) is 44.6 Å². The molecule has 51 heavy (non-hydrogen) atoms. The molecule has 2 heterocycles. The van der Waals surface area contributed by atoms with Crippen molar-refractivity contribution in [1.82, 2.24) is 4.90 Å². The summed E-state index contributed by atoms with van der Waals surface area (Å²) in [6.07, 6.45) is 1.80. The highest BCUT2D eigenvalue weighted by atomic mass is 16.5. The summed E-state index contributed by atoms with van der Waals surface area (Å²) in [5.74, 6) is 7.66. The maximum atomic E-state index is 13.3. The van der Waals surface area contributed by atoms with E-state index >= 15 is 0 Å². The van der Waals surface area contributed by atoms with Crippen LogP contribution in [0.15, 0.2) is 93.2 Å². The van der Waals surface area contributed by atoms with E-state index in [1.807, 2.05) is 24.3 Å². The van der Waals surface area contributed by atoms with Crippen molar-refractivity contribution in [3.8, 4) is 23.0 Å². The Morgan fingerprint density at radius 2 is 1.53 bits per heavy atom. The summed E-state index contributed by atoms with van der Waals surface area (Å²) in [6, 6.07) is 22.8. The number of nitrogens with zero attached hydrogens (tertiary/aromatic N) is 3. The summed E-state index contributed by atoms with van der Waals surface area (Å²) in [5, 5.41) is 8.68. The maximum Gasteiger partial charge on any atom is 0.291 e. The van der Waals surface area contributed by atoms with Crippen LogP contribution in [-0.2, 0) is 19.4 Å². The Kier molecular flexibility index (Phi) is 10.4. The summed E-state index contributed by atoms with van der Waals surface area (Å²) in [4.78, 5) is 28.4. The van der Waals surface area contributed by atoms with Gasteiger partial charge >= 0.3 is 0 Å². The van der Waals surface area contributed by atoms with Crippen LogP contribution < -0.4 is 46.4 Å². The van der Waals surface area contributed by atoms with Gasteiger partial charge in [-0.3, -0.25) is 14.5 Å². The summed E-state index contributed by atoms with van der Waals surface area (Å²) >= 11 is 0.